The van der Waals surface area contributed by atoms with Crippen molar-refractivity contribution in [2.45, 2.75) is 26.0 Å². The Hall–Kier alpha value is -2.20. The summed E-state index contributed by atoms with van der Waals surface area (Å²) in [4.78, 5) is 8.66. The molecule has 1 atom stereocenters. The van der Waals surface area contributed by atoms with Crippen LogP contribution < -0.4 is 0 Å². The van der Waals surface area contributed by atoms with Gasteiger partial charge in [-0.3, -0.25) is 4.98 Å². The first-order chi connectivity index (χ1) is 9.79. The van der Waals surface area contributed by atoms with E-state index in [0.717, 1.165) is 23.1 Å². The molecule has 0 spiro atoms. The van der Waals surface area contributed by atoms with Gasteiger partial charge in [-0.05, 0) is 18.4 Å². The number of hydrogen-bond donors (Lipinski definition) is 1. The molecule has 0 saturated heterocycles. The summed E-state index contributed by atoms with van der Waals surface area (Å²) in [5, 5.41) is 12.6. The van der Waals surface area contributed by atoms with E-state index in [4.69, 9.17) is 0 Å². The van der Waals surface area contributed by atoms with Gasteiger partial charge in [0.15, 0.2) is 0 Å². The van der Waals surface area contributed by atoms with Crippen LogP contribution in [0.25, 0.3) is 10.8 Å². The zero-order chi connectivity index (χ0) is 13.9. The van der Waals surface area contributed by atoms with E-state index in [1.165, 1.54) is 0 Å². The van der Waals surface area contributed by atoms with E-state index in [1.54, 1.807) is 12.4 Å². The number of benzene rings is 1. The van der Waals surface area contributed by atoms with E-state index in [-0.39, 0.29) is 0 Å². The van der Waals surface area contributed by atoms with Gasteiger partial charge in [-0.1, -0.05) is 24.3 Å². The van der Waals surface area contributed by atoms with Gasteiger partial charge in [0.1, 0.15) is 11.9 Å². The Morgan fingerprint density at radius 1 is 1.15 bits per heavy atom. The first-order valence-corrected chi connectivity index (χ1v) is 6.81. The van der Waals surface area contributed by atoms with Crippen LogP contribution in [-0.4, -0.2) is 19.6 Å². The molecule has 1 unspecified atom stereocenters. The average molecular weight is 267 g/mol. The molecule has 0 aliphatic carbocycles. The molecule has 2 aromatic heterocycles. The number of aliphatic hydroxyl groups excluding tert-OH is 1. The van der Waals surface area contributed by atoms with Crippen molar-refractivity contribution in [2.24, 2.45) is 0 Å². The average Bonchev–Trinajstić information content (AvgIpc) is 2.93. The van der Waals surface area contributed by atoms with Crippen molar-refractivity contribution < 1.29 is 5.11 Å². The lowest BCUT2D eigenvalue weighted by Crippen LogP contribution is -2.09. The Labute approximate surface area is 117 Å². The predicted octanol–water partition coefficient (Wildman–Crippen LogP) is 2.73. The van der Waals surface area contributed by atoms with Gasteiger partial charge >= 0.3 is 0 Å². The molecular formula is C16H17N3O. The van der Waals surface area contributed by atoms with Gasteiger partial charge < -0.3 is 9.67 Å². The first-order valence-electron chi connectivity index (χ1n) is 6.81. The minimum Gasteiger partial charge on any atom is -0.386 e. The van der Waals surface area contributed by atoms with E-state index in [9.17, 15) is 5.11 Å². The summed E-state index contributed by atoms with van der Waals surface area (Å²) in [5.74, 6) is 0.884. The van der Waals surface area contributed by atoms with E-state index < -0.39 is 6.10 Å². The molecule has 0 saturated carbocycles. The topological polar surface area (TPSA) is 50.9 Å². The second-order valence-electron chi connectivity index (χ2n) is 4.77. The highest BCUT2D eigenvalue weighted by Gasteiger charge is 2.15. The van der Waals surface area contributed by atoms with Gasteiger partial charge in [-0.2, -0.15) is 0 Å². The Bertz CT molecular complexity index is 715. The van der Waals surface area contributed by atoms with Crippen molar-refractivity contribution in [3.63, 3.8) is 0 Å². The molecule has 1 aromatic carbocycles. The number of aliphatic hydroxyl groups is 1. The SMILES string of the molecule is CCn1ccnc1CC(O)c1nccc2ccccc12. The monoisotopic (exact) mass is 267 g/mol. The normalized spacial score (nSPS) is 12.7. The molecule has 0 bridgehead atoms. The van der Waals surface area contributed by atoms with Crippen LogP contribution >= 0.6 is 0 Å². The number of aromatic nitrogens is 3. The molecule has 0 radical (unpaired) electrons. The van der Waals surface area contributed by atoms with Gasteiger partial charge in [0.05, 0.1) is 5.69 Å². The number of imidazole rings is 1. The van der Waals surface area contributed by atoms with Gasteiger partial charge in [0.2, 0.25) is 0 Å². The van der Waals surface area contributed by atoms with Crippen molar-refractivity contribution in [3.05, 3.63) is 60.4 Å². The highest BCUT2D eigenvalue weighted by Crippen LogP contribution is 2.24. The number of rotatable bonds is 4. The molecule has 0 aliphatic heterocycles. The Morgan fingerprint density at radius 2 is 2.00 bits per heavy atom. The smallest absolute Gasteiger partial charge is 0.111 e. The molecule has 20 heavy (non-hydrogen) atoms. The standard InChI is InChI=1S/C16H17N3O/c1-2-19-10-9-17-15(19)11-14(20)16-13-6-4-3-5-12(13)7-8-18-16/h3-10,14,20H,2,11H2,1H3. The zero-order valence-electron chi connectivity index (χ0n) is 11.4. The Kier molecular flexibility index (Phi) is 3.48. The van der Waals surface area contributed by atoms with Crippen LogP contribution in [0.1, 0.15) is 24.5 Å². The molecule has 2 heterocycles. The fourth-order valence-corrected chi connectivity index (χ4v) is 2.50. The fourth-order valence-electron chi connectivity index (χ4n) is 2.50. The van der Waals surface area contributed by atoms with Crippen LogP contribution in [0.15, 0.2) is 48.9 Å². The lowest BCUT2D eigenvalue weighted by Gasteiger charge is -2.13. The molecule has 3 rings (SSSR count). The van der Waals surface area contributed by atoms with Crippen molar-refractivity contribution in [2.75, 3.05) is 0 Å². The summed E-state index contributed by atoms with van der Waals surface area (Å²) in [6, 6.07) is 9.93. The number of hydrogen-bond acceptors (Lipinski definition) is 3. The van der Waals surface area contributed by atoms with Crippen LogP contribution in [0.5, 0.6) is 0 Å². The van der Waals surface area contributed by atoms with Crippen LogP contribution in [0, 0.1) is 0 Å². The predicted molar refractivity (Wildman–Crippen MR) is 78.3 cm³/mol. The molecule has 1 N–H and O–H groups in total. The van der Waals surface area contributed by atoms with Crippen molar-refractivity contribution in [1.29, 1.82) is 0 Å². The first kappa shape index (κ1) is 12.8. The third kappa shape index (κ3) is 2.30. The lowest BCUT2D eigenvalue weighted by atomic mass is 10.0. The van der Waals surface area contributed by atoms with Crippen molar-refractivity contribution in [1.82, 2.24) is 14.5 Å². The van der Waals surface area contributed by atoms with Crippen LogP contribution in [0.2, 0.25) is 0 Å². The largest absolute Gasteiger partial charge is 0.386 e. The van der Waals surface area contributed by atoms with Gasteiger partial charge in [0.25, 0.3) is 0 Å². The molecule has 4 heteroatoms. The second-order valence-corrected chi connectivity index (χ2v) is 4.77. The molecule has 4 nitrogen and oxygen atoms in total. The molecule has 3 aromatic rings. The molecule has 0 amide bonds. The highest BCUT2D eigenvalue weighted by atomic mass is 16.3. The van der Waals surface area contributed by atoms with Crippen LogP contribution in [0.4, 0.5) is 0 Å². The van der Waals surface area contributed by atoms with E-state index >= 15 is 0 Å². The van der Waals surface area contributed by atoms with Gasteiger partial charge in [-0.15, -0.1) is 0 Å². The Balaban J connectivity index is 1.95. The molecule has 0 fully saturated rings. The van der Waals surface area contributed by atoms with Crippen molar-refractivity contribution in [3.8, 4) is 0 Å². The van der Waals surface area contributed by atoms with Gasteiger partial charge in [0, 0.05) is 36.9 Å². The maximum atomic E-state index is 10.5. The number of nitrogens with zero attached hydrogens (tertiary/aromatic N) is 3. The summed E-state index contributed by atoms with van der Waals surface area (Å²) in [5.41, 5.74) is 0.716. The summed E-state index contributed by atoms with van der Waals surface area (Å²) >= 11 is 0. The Morgan fingerprint density at radius 3 is 2.85 bits per heavy atom. The van der Waals surface area contributed by atoms with E-state index in [1.807, 2.05) is 41.1 Å². The summed E-state index contributed by atoms with van der Waals surface area (Å²) in [6.07, 6.45) is 5.27. The highest BCUT2D eigenvalue weighted by molar-refractivity contribution is 5.84. The van der Waals surface area contributed by atoms with Crippen molar-refractivity contribution >= 4 is 10.8 Å². The number of fused-ring (bicyclic) bond motifs is 1. The quantitative estimate of drug-likeness (QED) is 0.790. The molecular weight excluding hydrogens is 250 g/mol. The minimum absolute atomic E-state index is 0.474. The zero-order valence-corrected chi connectivity index (χ0v) is 11.4. The van der Waals surface area contributed by atoms with E-state index in [0.29, 0.717) is 12.1 Å². The summed E-state index contributed by atoms with van der Waals surface area (Å²) < 4.78 is 2.04. The second kappa shape index (κ2) is 5.43. The summed E-state index contributed by atoms with van der Waals surface area (Å²) in [7, 11) is 0. The van der Waals surface area contributed by atoms with Gasteiger partial charge in [-0.25, -0.2) is 4.98 Å². The van der Waals surface area contributed by atoms with Crippen LogP contribution in [-0.2, 0) is 13.0 Å². The third-order valence-electron chi connectivity index (χ3n) is 3.54. The number of aryl methyl sites for hydroxylation is 1. The minimum atomic E-state index is -0.645. The fraction of sp³-hybridized carbons (Fsp3) is 0.250. The third-order valence-corrected chi connectivity index (χ3v) is 3.54. The maximum Gasteiger partial charge on any atom is 0.111 e. The maximum absolute atomic E-state index is 10.5. The molecule has 0 aliphatic rings. The number of pyridine rings is 1. The lowest BCUT2D eigenvalue weighted by molar-refractivity contribution is 0.171. The van der Waals surface area contributed by atoms with Crippen LogP contribution in [0.3, 0.4) is 0 Å². The van der Waals surface area contributed by atoms with E-state index in [2.05, 4.69) is 16.9 Å². The summed E-state index contributed by atoms with van der Waals surface area (Å²) in [6.45, 7) is 2.92. The molecule has 102 valence electrons.